The van der Waals surface area contributed by atoms with Crippen LogP contribution >= 0.6 is 0 Å². The second-order valence-electron chi connectivity index (χ2n) is 5.10. The van der Waals surface area contributed by atoms with Crippen molar-refractivity contribution in [3.63, 3.8) is 0 Å². The maximum Gasteiger partial charge on any atom is 0.338 e. The van der Waals surface area contributed by atoms with Gasteiger partial charge in [-0.2, -0.15) is 0 Å². The van der Waals surface area contributed by atoms with E-state index in [1.54, 1.807) is 39.5 Å². The van der Waals surface area contributed by atoms with Crippen molar-refractivity contribution in [1.82, 2.24) is 0 Å². The molecule has 0 radical (unpaired) electrons. The van der Waals surface area contributed by atoms with Crippen LogP contribution in [0.15, 0.2) is 18.2 Å². The molecule has 1 aromatic rings. The van der Waals surface area contributed by atoms with Crippen molar-refractivity contribution in [2.24, 2.45) is 0 Å². The van der Waals surface area contributed by atoms with Gasteiger partial charge in [0, 0.05) is 13.2 Å². The Labute approximate surface area is 125 Å². The number of hydrogen-bond acceptors (Lipinski definition) is 5. The average molecular weight is 294 g/mol. The van der Waals surface area contributed by atoms with Crippen LogP contribution in [0.4, 0.5) is 0 Å². The molecule has 0 saturated heterocycles. The van der Waals surface area contributed by atoms with Crippen LogP contribution in [0, 0.1) is 0 Å². The summed E-state index contributed by atoms with van der Waals surface area (Å²) in [5.74, 6) is 0.752. The van der Waals surface area contributed by atoms with Crippen molar-refractivity contribution in [2.75, 3.05) is 21.3 Å². The number of carbonyl (C=O) groups is 1. The van der Waals surface area contributed by atoms with Crippen LogP contribution in [-0.4, -0.2) is 39.5 Å². The lowest BCUT2D eigenvalue weighted by Crippen LogP contribution is -2.35. The van der Waals surface area contributed by atoms with E-state index in [9.17, 15) is 4.79 Å². The third-order valence-electron chi connectivity index (χ3n) is 3.79. The third-order valence-corrected chi connectivity index (χ3v) is 3.79. The second kappa shape index (κ2) is 7.31. The highest BCUT2D eigenvalue weighted by molar-refractivity contribution is 5.90. The molecular weight excluding hydrogens is 272 g/mol. The van der Waals surface area contributed by atoms with Crippen molar-refractivity contribution in [2.45, 2.75) is 37.9 Å². The predicted molar refractivity (Wildman–Crippen MR) is 78.0 cm³/mol. The molecule has 1 aliphatic carbocycles. The summed E-state index contributed by atoms with van der Waals surface area (Å²) >= 11 is 0. The highest BCUT2D eigenvalue weighted by Gasteiger charge is 2.28. The van der Waals surface area contributed by atoms with Crippen LogP contribution < -0.4 is 9.47 Å². The van der Waals surface area contributed by atoms with Crippen LogP contribution in [0.25, 0.3) is 0 Å². The summed E-state index contributed by atoms with van der Waals surface area (Å²) in [6.45, 7) is 0. The number of esters is 1. The Hall–Kier alpha value is -1.75. The summed E-state index contributed by atoms with van der Waals surface area (Å²) in [7, 11) is 4.75. The third kappa shape index (κ3) is 3.88. The van der Waals surface area contributed by atoms with Crippen LogP contribution in [0.2, 0.25) is 0 Å². The molecule has 2 rings (SSSR count). The van der Waals surface area contributed by atoms with Gasteiger partial charge in [-0.1, -0.05) is 6.42 Å². The van der Waals surface area contributed by atoms with E-state index < -0.39 is 0 Å². The molecule has 0 aliphatic heterocycles. The molecule has 1 aromatic carbocycles. The largest absolute Gasteiger partial charge is 0.497 e. The molecule has 0 bridgehead atoms. The van der Waals surface area contributed by atoms with Crippen molar-refractivity contribution < 1.29 is 23.7 Å². The molecule has 0 heterocycles. The van der Waals surface area contributed by atoms with E-state index in [0.717, 1.165) is 25.7 Å². The van der Waals surface area contributed by atoms with Crippen LogP contribution in [-0.2, 0) is 9.47 Å². The Kier molecular flexibility index (Phi) is 5.44. The maximum absolute atomic E-state index is 12.3. The molecule has 5 heteroatoms. The maximum atomic E-state index is 12.3. The lowest BCUT2D eigenvalue weighted by atomic mass is 9.94. The number of hydrogen-bond donors (Lipinski definition) is 0. The fourth-order valence-corrected chi connectivity index (χ4v) is 2.60. The van der Waals surface area contributed by atoms with Gasteiger partial charge in [0.25, 0.3) is 0 Å². The van der Waals surface area contributed by atoms with Gasteiger partial charge in [0.2, 0.25) is 0 Å². The molecule has 1 saturated carbocycles. The predicted octanol–water partition coefficient (Wildman–Crippen LogP) is 2.82. The Bertz CT molecular complexity index is 463. The molecule has 0 amide bonds. The van der Waals surface area contributed by atoms with Crippen LogP contribution in [0.1, 0.15) is 36.0 Å². The molecule has 21 heavy (non-hydrogen) atoms. The summed E-state index contributed by atoms with van der Waals surface area (Å²) in [5, 5.41) is 0. The van der Waals surface area contributed by atoms with E-state index >= 15 is 0 Å². The first kappa shape index (κ1) is 15.6. The SMILES string of the molecule is COc1cc(OC)cc(C(=O)O[C@@H]2CCCC[C@H]2OC)c1. The van der Waals surface area contributed by atoms with Gasteiger partial charge >= 0.3 is 5.97 Å². The van der Waals surface area contributed by atoms with Crippen LogP contribution in [0.5, 0.6) is 11.5 Å². The molecule has 1 aliphatic rings. The van der Waals surface area contributed by atoms with Gasteiger partial charge in [-0.05, 0) is 31.4 Å². The molecule has 0 unspecified atom stereocenters. The fourth-order valence-electron chi connectivity index (χ4n) is 2.60. The molecule has 0 aromatic heterocycles. The van der Waals surface area contributed by atoms with Gasteiger partial charge in [0.1, 0.15) is 17.6 Å². The summed E-state index contributed by atoms with van der Waals surface area (Å²) < 4.78 is 21.3. The van der Waals surface area contributed by atoms with Gasteiger partial charge in [-0.25, -0.2) is 4.79 Å². The summed E-state index contributed by atoms with van der Waals surface area (Å²) in [4.78, 5) is 12.3. The lowest BCUT2D eigenvalue weighted by Gasteiger charge is -2.29. The molecule has 1 fully saturated rings. The molecule has 0 spiro atoms. The number of methoxy groups -OCH3 is 3. The van der Waals surface area contributed by atoms with Gasteiger partial charge in [-0.3, -0.25) is 0 Å². The topological polar surface area (TPSA) is 54.0 Å². The van der Waals surface area contributed by atoms with Gasteiger partial charge < -0.3 is 18.9 Å². The Morgan fingerprint density at radius 1 is 0.952 bits per heavy atom. The van der Waals surface area contributed by atoms with Crippen molar-refractivity contribution in [3.05, 3.63) is 23.8 Å². The first-order valence-corrected chi connectivity index (χ1v) is 7.14. The van der Waals surface area contributed by atoms with Gasteiger partial charge in [-0.15, -0.1) is 0 Å². The van der Waals surface area contributed by atoms with E-state index in [4.69, 9.17) is 18.9 Å². The van der Waals surface area contributed by atoms with Crippen molar-refractivity contribution in [3.8, 4) is 11.5 Å². The monoisotopic (exact) mass is 294 g/mol. The number of ether oxygens (including phenoxy) is 4. The highest BCUT2D eigenvalue weighted by atomic mass is 16.6. The first-order valence-electron chi connectivity index (χ1n) is 7.14. The normalized spacial score (nSPS) is 21.7. The minimum Gasteiger partial charge on any atom is -0.497 e. The van der Waals surface area contributed by atoms with Crippen molar-refractivity contribution >= 4 is 5.97 Å². The zero-order valence-electron chi connectivity index (χ0n) is 12.8. The zero-order valence-corrected chi connectivity index (χ0v) is 12.8. The van der Waals surface area contributed by atoms with E-state index in [1.165, 1.54) is 0 Å². The molecular formula is C16H22O5. The fraction of sp³-hybridized carbons (Fsp3) is 0.562. The van der Waals surface area contributed by atoms with Gasteiger partial charge in [0.15, 0.2) is 0 Å². The second-order valence-corrected chi connectivity index (χ2v) is 5.10. The Morgan fingerprint density at radius 3 is 2.05 bits per heavy atom. The molecule has 5 nitrogen and oxygen atoms in total. The van der Waals surface area contributed by atoms with Gasteiger partial charge in [0.05, 0.1) is 25.9 Å². The number of benzene rings is 1. The average Bonchev–Trinajstić information content (AvgIpc) is 2.54. The smallest absolute Gasteiger partial charge is 0.338 e. The Balaban J connectivity index is 2.12. The van der Waals surface area contributed by atoms with Crippen molar-refractivity contribution in [1.29, 1.82) is 0 Å². The number of rotatable bonds is 5. The van der Waals surface area contributed by atoms with E-state index in [1.807, 2.05) is 0 Å². The lowest BCUT2D eigenvalue weighted by molar-refractivity contribution is -0.0539. The summed E-state index contributed by atoms with van der Waals surface area (Å²) in [5.41, 5.74) is 0.423. The molecule has 0 N–H and O–H groups in total. The summed E-state index contributed by atoms with van der Waals surface area (Å²) in [6, 6.07) is 5.01. The quantitative estimate of drug-likeness (QED) is 0.782. The van der Waals surface area contributed by atoms with E-state index in [0.29, 0.717) is 17.1 Å². The van der Waals surface area contributed by atoms with E-state index in [-0.39, 0.29) is 18.2 Å². The zero-order chi connectivity index (χ0) is 15.2. The van der Waals surface area contributed by atoms with E-state index in [2.05, 4.69) is 0 Å². The molecule has 2 atom stereocenters. The minimum absolute atomic E-state index is 0.0183. The highest BCUT2D eigenvalue weighted by Crippen LogP contribution is 2.27. The number of carbonyl (C=O) groups excluding carboxylic acids is 1. The first-order chi connectivity index (χ1) is 10.2. The molecule has 116 valence electrons. The Morgan fingerprint density at radius 2 is 1.52 bits per heavy atom. The summed E-state index contributed by atoms with van der Waals surface area (Å²) in [6.07, 6.45) is 3.73. The minimum atomic E-state index is -0.374. The van der Waals surface area contributed by atoms with Crippen LogP contribution in [0.3, 0.4) is 0 Å². The standard InChI is InChI=1S/C16H22O5/c1-18-12-8-11(9-13(10-12)19-2)16(17)21-15-7-5-4-6-14(15)20-3/h8-10,14-15H,4-7H2,1-3H3/t14-,15-/m1/s1.